The molecule has 0 saturated heterocycles. The molecule has 2 nitrogen and oxygen atoms in total. The third-order valence-corrected chi connectivity index (χ3v) is 7.50. The average molecular weight is 310 g/mol. The second-order valence-electron chi connectivity index (χ2n) is 7.33. The fourth-order valence-electron chi connectivity index (χ4n) is 2.60. The predicted molar refractivity (Wildman–Crippen MR) is 93.3 cm³/mol. The highest BCUT2D eigenvalue weighted by molar-refractivity contribution is 7.63. The van der Waals surface area contributed by atoms with Crippen LogP contribution in [0.2, 0.25) is 0 Å². The standard InChI is InChI=1S/C18H31O2P/c1-8-21(20,9-2)12-14-10-15(13(3)4)17(19)16(11-14)18(5,6)7/h10-11,13,19H,8-9,12H2,1-7H3. The molecular weight excluding hydrogens is 279 g/mol. The Kier molecular flexibility index (Phi) is 5.72. The summed E-state index contributed by atoms with van der Waals surface area (Å²) in [5, 5.41) is 10.6. The predicted octanol–water partition coefficient (Wildman–Crippen LogP) is 5.72. The van der Waals surface area contributed by atoms with Gasteiger partial charge in [0.2, 0.25) is 0 Å². The van der Waals surface area contributed by atoms with E-state index in [0.717, 1.165) is 29.0 Å². The third kappa shape index (κ3) is 4.36. The maximum atomic E-state index is 12.8. The zero-order valence-corrected chi connectivity index (χ0v) is 15.6. The summed E-state index contributed by atoms with van der Waals surface area (Å²) in [6.07, 6.45) is 2.13. The highest BCUT2D eigenvalue weighted by Crippen LogP contribution is 2.49. The quantitative estimate of drug-likeness (QED) is 0.707. The first kappa shape index (κ1) is 18.3. The topological polar surface area (TPSA) is 37.3 Å². The van der Waals surface area contributed by atoms with Gasteiger partial charge in [-0.2, -0.15) is 0 Å². The van der Waals surface area contributed by atoms with Crippen LogP contribution in [0.1, 0.15) is 71.1 Å². The molecule has 0 heterocycles. The van der Waals surface area contributed by atoms with Gasteiger partial charge in [0.15, 0.2) is 0 Å². The Labute approximate surface area is 130 Å². The minimum atomic E-state index is -2.12. The number of phenolic OH excluding ortho intramolecular Hbond substituents is 1. The second-order valence-corrected chi connectivity index (χ2v) is 11.0. The summed E-state index contributed by atoms with van der Waals surface area (Å²) in [4.78, 5) is 0. The Bertz CT molecular complexity index is 531. The van der Waals surface area contributed by atoms with Crippen LogP contribution in [-0.2, 0) is 16.1 Å². The van der Waals surface area contributed by atoms with Gasteiger partial charge in [-0.3, -0.25) is 0 Å². The molecule has 0 aromatic heterocycles. The van der Waals surface area contributed by atoms with Crippen molar-refractivity contribution in [3.05, 3.63) is 28.8 Å². The van der Waals surface area contributed by atoms with Crippen LogP contribution in [0.3, 0.4) is 0 Å². The van der Waals surface area contributed by atoms with E-state index in [1.165, 1.54) is 0 Å². The Morgan fingerprint density at radius 1 is 1.14 bits per heavy atom. The van der Waals surface area contributed by atoms with Gasteiger partial charge >= 0.3 is 0 Å². The van der Waals surface area contributed by atoms with Crippen LogP contribution >= 0.6 is 7.14 Å². The van der Waals surface area contributed by atoms with Gasteiger partial charge in [-0.25, -0.2) is 0 Å². The first-order valence-corrected chi connectivity index (χ1v) is 10.2. The van der Waals surface area contributed by atoms with E-state index in [1.807, 2.05) is 19.9 Å². The summed E-state index contributed by atoms with van der Waals surface area (Å²) in [5.74, 6) is 0.665. The highest BCUT2D eigenvalue weighted by atomic mass is 31.2. The van der Waals surface area contributed by atoms with Gasteiger partial charge in [0.1, 0.15) is 5.75 Å². The number of benzene rings is 1. The Morgan fingerprint density at radius 2 is 1.67 bits per heavy atom. The van der Waals surface area contributed by atoms with E-state index >= 15 is 0 Å². The molecule has 1 aromatic rings. The Hall–Kier alpha value is -0.750. The van der Waals surface area contributed by atoms with Crippen molar-refractivity contribution in [1.29, 1.82) is 0 Å². The number of hydrogen-bond acceptors (Lipinski definition) is 2. The van der Waals surface area contributed by atoms with Gasteiger partial charge in [0.25, 0.3) is 0 Å². The Morgan fingerprint density at radius 3 is 2.05 bits per heavy atom. The summed E-state index contributed by atoms with van der Waals surface area (Å²) in [5.41, 5.74) is 2.92. The largest absolute Gasteiger partial charge is 0.507 e. The van der Waals surface area contributed by atoms with Crippen molar-refractivity contribution in [3.63, 3.8) is 0 Å². The van der Waals surface area contributed by atoms with E-state index in [4.69, 9.17) is 0 Å². The molecule has 0 aliphatic heterocycles. The monoisotopic (exact) mass is 310 g/mol. The number of rotatable bonds is 5. The van der Waals surface area contributed by atoms with Gasteiger partial charge in [-0.15, -0.1) is 0 Å². The lowest BCUT2D eigenvalue weighted by Crippen LogP contribution is -2.13. The van der Waals surface area contributed by atoms with E-state index in [0.29, 0.717) is 11.9 Å². The number of aromatic hydroxyl groups is 1. The third-order valence-electron chi connectivity index (χ3n) is 4.25. The average Bonchev–Trinajstić information content (AvgIpc) is 2.38. The minimum Gasteiger partial charge on any atom is -0.507 e. The van der Waals surface area contributed by atoms with Crippen LogP contribution < -0.4 is 0 Å². The van der Waals surface area contributed by atoms with E-state index in [-0.39, 0.29) is 11.3 Å². The molecule has 0 aliphatic rings. The molecule has 0 radical (unpaired) electrons. The van der Waals surface area contributed by atoms with Crippen LogP contribution in [0.4, 0.5) is 0 Å². The molecule has 120 valence electrons. The van der Waals surface area contributed by atoms with Crippen LogP contribution in [0, 0.1) is 0 Å². The summed E-state index contributed by atoms with van der Waals surface area (Å²) in [6, 6.07) is 4.10. The molecule has 1 aromatic carbocycles. The first-order chi connectivity index (χ1) is 9.54. The number of hydrogen-bond donors (Lipinski definition) is 1. The molecule has 21 heavy (non-hydrogen) atoms. The molecule has 0 bridgehead atoms. The Balaban J connectivity index is 3.41. The van der Waals surface area contributed by atoms with Gasteiger partial charge in [0.05, 0.1) is 7.14 Å². The van der Waals surface area contributed by atoms with Crippen LogP contribution in [0.5, 0.6) is 5.75 Å². The zero-order chi connectivity index (χ0) is 16.4. The zero-order valence-electron chi connectivity index (χ0n) is 14.7. The normalized spacial score (nSPS) is 13.0. The summed E-state index contributed by atoms with van der Waals surface area (Å²) in [7, 11) is -2.12. The summed E-state index contributed by atoms with van der Waals surface area (Å²) < 4.78 is 12.8. The fourth-order valence-corrected chi connectivity index (χ4v) is 4.34. The van der Waals surface area contributed by atoms with Crippen molar-refractivity contribution in [1.82, 2.24) is 0 Å². The summed E-state index contributed by atoms with van der Waals surface area (Å²) in [6.45, 7) is 14.5. The lowest BCUT2D eigenvalue weighted by atomic mass is 9.82. The van der Waals surface area contributed by atoms with Crippen LogP contribution in [0.15, 0.2) is 12.1 Å². The van der Waals surface area contributed by atoms with Gasteiger partial charge in [-0.05, 0) is 40.3 Å². The SMILES string of the molecule is CCP(=O)(CC)Cc1cc(C(C)C)c(O)c(C(C)(C)C)c1. The molecule has 3 heteroatoms. The van der Waals surface area contributed by atoms with Gasteiger partial charge in [-0.1, -0.05) is 60.6 Å². The molecular formula is C18H31O2P. The molecule has 0 amide bonds. The van der Waals surface area contributed by atoms with E-state index in [2.05, 4.69) is 40.7 Å². The molecule has 1 rings (SSSR count). The van der Waals surface area contributed by atoms with Gasteiger partial charge in [0, 0.05) is 6.16 Å². The smallest absolute Gasteiger partial charge is 0.122 e. The van der Waals surface area contributed by atoms with E-state index < -0.39 is 7.14 Å². The minimum absolute atomic E-state index is 0.119. The van der Waals surface area contributed by atoms with E-state index in [1.54, 1.807) is 0 Å². The van der Waals surface area contributed by atoms with Crippen LogP contribution in [-0.4, -0.2) is 17.4 Å². The van der Waals surface area contributed by atoms with E-state index in [9.17, 15) is 9.67 Å². The van der Waals surface area contributed by atoms with Gasteiger partial charge < -0.3 is 9.67 Å². The van der Waals surface area contributed by atoms with Crippen molar-refractivity contribution in [2.75, 3.05) is 12.3 Å². The number of phenols is 1. The lowest BCUT2D eigenvalue weighted by molar-refractivity contribution is 0.437. The molecule has 0 spiro atoms. The summed E-state index contributed by atoms with van der Waals surface area (Å²) >= 11 is 0. The first-order valence-electron chi connectivity index (χ1n) is 7.97. The van der Waals surface area contributed by atoms with Crippen LogP contribution in [0.25, 0.3) is 0 Å². The van der Waals surface area contributed by atoms with Crippen molar-refractivity contribution in [2.45, 2.75) is 66.0 Å². The molecule has 0 atom stereocenters. The van der Waals surface area contributed by atoms with Crippen molar-refractivity contribution < 1.29 is 9.67 Å². The molecule has 1 N–H and O–H groups in total. The van der Waals surface area contributed by atoms with Crippen molar-refractivity contribution in [3.8, 4) is 5.75 Å². The fraction of sp³-hybridized carbons (Fsp3) is 0.667. The maximum absolute atomic E-state index is 12.8. The highest BCUT2D eigenvalue weighted by Gasteiger charge is 2.25. The second kappa shape index (κ2) is 6.57. The lowest BCUT2D eigenvalue weighted by Gasteiger charge is -2.25. The molecule has 0 fully saturated rings. The molecule has 0 aliphatic carbocycles. The molecule has 0 saturated carbocycles. The maximum Gasteiger partial charge on any atom is 0.122 e. The van der Waals surface area contributed by atoms with Crippen molar-refractivity contribution >= 4 is 7.14 Å². The van der Waals surface area contributed by atoms with Crippen molar-refractivity contribution in [2.24, 2.45) is 0 Å². The molecule has 0 unspecified atom stereocenters.